The van der Waals surface area contributed by atoms with Gasteiger partial charge in [0.25, 0.3) is 0 Å². The lowest BCUT2D eigenvalue weighted by atomic mass is 10.1. The van der Waals surface area contributed by atoms with Gasteiger partial charge in [0.2, 0.25) is 0 Å². The average molecular weight is 222 g/mol. The molecule has 0 bridgehead atoms. The van der Waals surface area contributed by atoms with Gasteiger partial charge in [0, 0.05) is 25.4 Å². The van der Waals surface area contributed by atoms with E-state index in [-0.39, 0.29) is 6.04 Å². The van der Waals surface area contributed by atoms with Gasteiger partial charge in [-0.3, -0.25) is 4.90 Å². The van der Waals surface area contributed by atoms with Crippen molar-refractivity contribution in [2.75, 3.05) is 26.8 Å². The minimum absolute atomic E-state index is 0.148. The second-order valence-corrected chi connectivity index (χ2v) is 4.07. The molecule has 16 heavy (non-hydrogen) atoms. The summed E-state index contributed by atoms with van der Waals surface area (Å²) in [6.45, 7) is 2.19. The van der Waals surface area contributed by atoms with Crippen molar-refractivity contribution >= 4 is 0 Å². The van der Waals surface area contributed by atoms with Crippen LogP contribution in [0.2, 0.25) is 0 Å². The Morgan fingerprint density at radius 1 is 1.69 bits per heavy atom. The second-order valence-electron chi connectivity index (χ2n) is 4.07. The lowest BCUT2D eigenvalue weighted by Gasteiger charge is -2.30. The van der Waals surface area contributed by atoms with Crippen LogP contribution in [0.3, 0.4) is 0 Å². The first-order chi connectivity index (χ1) is 7.83. The molecule has 2 unspecified atom stereocenters. The second kappa shape index (κ2) is 5.34. The summed E-state index contributed by atoms with van der Waals surface area (Å²) in [6.07, 6.45) is 4.39. The lowest BCUT2D eigenvalue weighted by molar-refractivity contribution is 0.133. The Balaban J connectivity index is 2.09. The molecule has 0 radical (unpaired) electrons. The molecule has 88 valence electrons. The molecular weight excluding hydrogens is 204 g/mol. The van der Waals surface area contributed by atoms with E-state index in [1.165, 1.54) is 0 Å². The van der Waals surface area contributed by atoms with Crippen LogP contribution in [0.5, 0.6) is 0 Å². The van der Waals surface area contributed by atoms with Crippen LogP contribution in [0, 0.1) is 0 Å². The molecule has 0 amide bonds. The summed E-state index contributed by atoms with van der Waals surface area (Å²) in [5, 5.41) is 0. The zero-order valence-corrected chi connectivity index (χ0v) is 9.54. The number of aromatic nitrogens is 2. The molecule has 1 aliphatic rings. The van der Waals surface area contributed by atoms with Crippen LogP contribution in [0.1, 0.15) is 18.2 Å². The Kier molecular flexibility index (Phi) is 3.82. The molecule has 0 spiro atoms. The summed E-state index contributed by atoms with van der Waals surface area (Å²) in [6, 6.07) is 2.52. The Morgan fingerprint density at radius 3 is 3.12 bits per heavy atom. The number of nitrogens with two attached hydrogens (primary N) is 1. The van der Waals surface area contributed by atoms with Gasteiger partial charge < -0.3 is 10.5 Å². The summed E-state index contributed by atoms with van der Waals surface area (Å²) >= 11 is 0. The first kappa shape index (κ1) is 11.4. The van der Waals surface area contributed by atoms with E-state index in [9.17, 15) is 0 Å². The van der Waals surface area contributed by atoms with E-state index in [2.05, 4.69) is 21.9 Å². The number of rotatable bonds is 4. The van der Waals surface area contributed by atoms with Crippen LogP contribution < -0.4 is 5.73 Å². The fourth-order valence-electron chi connectivity index (χ4n) is 2.09. The van der Waals surface area contributed by atoms with Crippen molar-refractivity contribution in [3.8, 4) is 0 Å². The highest BCUT2D eigenvalue weighted by atomic mass is 16.5. The molecule has 1 aromatic heterocycles. The summed E-state index contributed by atoms with van der Waals surface area (Å²) in [5.41, 5.74) is 6.81. The molecule has 2 atom stereocenters. The maximum Gasteiger partial charge on any atom is 0.115 e. The van der Waals surface area contributed by atoms with E-state index in [1.807, 2.05) is 6.07 Å². The molecule has 2 heterocycles. The van der Waals surface area contributed by atoms with Crippen LogP contribution in [0.25, 0.3) is 0 Å². The maximum absolute atomic E-state index is 5.83. The largest absolute Gasteiger partial charge is 0.380 e. The van der Waals surface area contributed by atoms with E-state index in [0.717, 1.165) is 25.3 Å². The SMILES string of the molecule is CN(C1CCOC1)C(CN)c1ccncn1. The number of nitrogens with zero attached hydrogens (tertiary/aromatic N) is 3. The van der Waals surface area contributed by atoms with Crippen molar-refractivity contribution in [1.29, 1.82) is 0 Å². The topological polar surface area (TPSA) is 64.3 Å². The zero-order valence-electron chi connectivity index (χ0n) is 9.54. The van der Waals surface area contributed by atoms with E-state index in [4.69, 9.17) is 10.5 Å². The van der Waals surface area contributed by atoms with Crippen molar-refractivity contribution in [3.05, 3.63) is 24.3 Å². The standard InChI is InChI=1S/C11H18N4O/c1-15(9-3-5-16-7-9)11(6-12)10-2-4-13-8-14-10/h2,4,8-9,11H,3,5-7,12H2,1H3. The first-order valence-electron chi connectivity index (χ1n) is 5.58. The smallest absolute Gasteiger partial charge is 0.115 e. The minimum Gasteiger partial charge on any atom is -0.380 e. The van der Waals surface area contributed by atoms with Gasteiger partial charge >= 0.3 is 0 Å². The summed E-state index contributed by atoms with van der Waals surface area (Å²) in [7, 11) is 2.08. The molecule has 1 aromatic rings. The Hall–Kier alpha value is -1.04. The van der Waals surface area contributed by atoms with Crippen LogP contribution in [-0.2, 0) is 4.74 Å². The van der Waals surface area contributed by atoms with Gasteiger partial charge in [-0.15, -0.1) is 0 Å². The highest BCUT2D eigenvalue weighted by Gasteiger charge is 2.27. The molecule has 2 N–H and O–H groups in total. The van der Waals surface area contributed by atoms with Gasteiger partial charge in [-0.05, 0) is 19.5 Å². The molecule has 5 heteroatoms. The summed E-state index contributed by atoms with van der Waals surface area (Å²) < 4.78 is 5.39. The molecule has 0 saturated carbocycles. The fourth-order valence-corrected chi connectivity index (χ4v) is 2.09. The Morgan fingerprint density at radius 2 is 2.56 bits per heavy atom. The monoisotopic (exact) mass is 222 g/mol. The van der Waals surface area contributed by atoms with Gasteiger partial charge in [0.15, 0.2) is 0 Å². The van der Waals surface area contributed by atoms with Gasteiger partial charge in [-0.25, -0.2) is 9.97 Å². The summed E-state index contributed by atoms with van der Waals surface area (Å²) in [4.78, 5) is 10.5. The third-order valence-electron chi connectivity index (χ3n) is 3.14. The molecule has 1 saturated heterocycles. The highest BCUT2D eigenvalue weighted by Crippen LogP contribution is 2.21. The predicted octanol–water partition coefficient (Wildman–Crippen LogP) is 0.197. The first-order valence-corrected chi connectivity index (χ1v) is 5.58. The van der Waals surface area contributed by atoms with Crippen molar-refractivity contribution in [2.24, 2.45) is 5.73 Å². The number of hydrogen-bond acceptors (Lipinski definition) is 5. The molecule has 2 rings (SSSR count). The van der Waals surface area contributed by atoms with Crippen LogP contribution in [0.4, 0.5) is 0 Å². The van der Waals surface area contributed by atoms with Gasteiger partial charge in [0.1, 0.15) is 6.33 Å². The predicted molar refractivity (Wildman–Crippen MR) is 60.8 cm³/mol. The quantitative estimate of drug-likeness (QED) is 0.788. The third-order valence-corrected chi connectivity index (χ3v) is 3.14. The van der Waals surface area contributed by atoms with Gasteiger partial charge in [-0.2, -0.15) is 0 Å². The van der Waals surface area contributed by atoms with Crippen molar-refractivity contribution in [2.45, 2.75) is 18.5 Å². The van der Waals surface area contributed by atoms with Crippen LogP contribution >= 0.6 is 0 Å². The highest BCUT2D eigenvalue weighted by molar-refractivity contribution is 5.06. The molecule has 5 nitrogen and oxygen atoms in total. The fraction of sp³-hybridized carbons (Fsp3) is 0.636. The Labute approximate surface area is 95.6 Å². The number of ether oxygens (including phenoxy) is 1. The van der Waals surface area contributed by atoms with E-state index >= 15 is 0 Å². The normalized spacial score (nSPS) is 22.6. The average Bonchev–Trinajstić information content (AvgIpc) is 2.85. The van der Waals surface area contributed by atoms with Gasteiger partial charge in [-0.1, -0.05) is 0 Å². The molecule has 1 aliphatic heterocycles. The van der Waals surface area contributed by atoms with E-state index in [1.54, 1.807) is 12.5 Å². The number of likely N-dealkylation sites (N-methyl/N-ethyl adjacent to an activating group) is 1. The summed E-state index contributed by atoms with van der Waals surface area (Å²) in [5.74, 6) is 0. The molecular formula is C11H18N4O. The van der Waals surface area contributed by atoms with Crippen LogP contribution in [-0.4, -0.2) is 47.7 Å². The van der Waals surface area contributed by atoms with Crippen LogP contribution in [0.15, 0.2) is 18.6 Å². The van der Waals surface area contributed by atoms with E-state index in [0.29, 0.717) is 12.6 Å². The molecule has 1 fully saturated rings. The minimum atomic E-state index is 0.148. The lowest BCUT2D eigenvalue weighted by Crippen LogP contribution is -2.39. The van der Waals surface area contributed by atoms with Crippen molar-refractivity contribution < 1.29 is 4.74 Å². The third kappa shape index (κ3) is 2.37. The van der Waals surface area contributed by atoms with Gasteiger partial charge in [0.05, 0.1) is 18.3 Å². The van der Waals surface area contributed by atoms with Crippen molar-refractivity contribution in [1.82, 2.24) is 14.9 Å². The number of hydrogen-bond donors (Lipinski definition) is 1. The maximum atomic E-state index is 5.83. The molecule has 0 aliphatic carbocycles. The Bertz CT molecular complexity index is 313. The van der Waals surface area contributed by atoms with E-state index < -0.39 is 0 Å². The zero-order chi connectivity index (χ0) is 11.4. The van der Waals surface area contributed by atoms with Crippen molar-refractivity contribution in [3.63, 3.8) is 0 Å². The molecule has 0 aromatic carbocycles.